The van der Waals surface area contributed by atoms with Crippen molar-refractivity contribution in [3.8, 4) is 0 Å². The molecule has 0 spiro atoms. The van der Waals surface area contributed by atoms with Crippen molar-refractivity contribution in [2.24, 2.45) is 0 Å². The molecule has 0 heterocycles. The number of hydrogen-bond acceptors (Lipinski definition) is 1. The van der Waals surface area contributed by atoms with Crippen LogP contribution in [0, 0.1) is 0 Å². The van der Waals surface area contributed by atoms with Gasteiger partial charge in [-0.15, -0.1) is 0 Å². The maximum atomic E-state index is 12.1. The number of halogens is 2. The highest BCUT2D eigenvalue weighted by atomic mass is 79.9. The monoisotopic (exact) mass is 390 g/mol. The van der Waals surface area contributed by atoms with E-state index < -0.39 is 0 Å². The Balaban J connectivity index is 2.35. The van der Waals surface area contributed by atoms with Crippen molar-refractivity contribution in [2.45, 2.75) is 11.8 Å². The third-order valence-electron chi connectivity index (χ3n) is 3.46. The highest BCUT2D eigenvalue weighted by molar-refractivity contribution is 9.10. The van der Waals surface area contributed by atoms with Crippen LogP contribution in [0.25, 0.3) is 21.5 Å². The van der Waals surface area contributed by atoms with Crippen LogP contribution in [0.4, 0.5) is 0 Å². The second-order valence-electron chi connectivity index (χ2n) is 4.82. The van der Waals surface area contributed by atoms with Crippen LogP contribution in [0.15, 0.2) is 53.0 Å². The number of hydrogen-bond donors (Lipinski definition) is 0. The number of rotatable bonds is 2. The van der Waals surface area contributed by atoms with Crippen LogP contribution >= 0.6 is 31.9 Å². The zero-order valence-corrected chi connectivity index (χ0v) is 14.0. The van der Waals surface area contributed by atoms with Gasteiger partial charge >= 0.3 is 0 Å². The molecule has 0 aromatic heterocycles. The first-order chi connectivity index (χ1) is 9.58. The molecule has 0 aliphatic carbocycles. The fourth-order valence-electron chi connectivity index (χ4n) is 2.44. The molecule has 0 N–H and O–H groups in total. The number of carbonyl (C=O) groups is 1. The normalized spacial score (nSPS) is 12.8. The van der Waals surface area contributed by atoms with Gasteiger partial charge in [-0.05, 0) is 40.6 Å². The molecule has 3 heteroatoms. The molecule has 1 atom stereocenters. The summed E-state index contributed by atoms with van der Waals surface area (Å²) in [5, 5.41) is 4.57. The van der Waals surface area contributed by atoms with Gasteiger partial charge < -0.3 is 0 Å². The minimum atomic E-state index is -0.165. The summed E-state index contributed by atoms with van der Waals surface area (Å²) in [5.41, 5.74) is 0.745. The SMILES string of the molecule is CC(Br)C(=O)c1ccc2cc(Br)c3ccccc3c2c1. The molecule has 3 aromatic rings. The van der Waals surface area contributed by atoms with Crippen LogP contribution in [0.3, 0.4) is 0 Å². The number of alkyl halides is 1. The van der Waals surface area contributed by atoms with Gasteiger partial charge in [-0.3, -0.25) is 4.79 Å². The minimum Gasteiger partial charge on any atom is -0.293 e. The Kier molecular flexibility index (Phi) is 3.65. The maximum absolute atomic E-state index is 12.1. The first-order valence-corrected chi connectivity index (χ1v) is 8.08. The molecule has 20 heavy (non-hydrogen) atoms. The van der Waals surface area contributed by atoms with Gasteiger partial charge in [-0.25, -0.2) is 0 Å². The molecule has 0 saturated carbocycles. The van der Waals surface area contributed by atoms with Crippen LogP contribution in [-0.4, -0.2) is 10.6 Å². The Morgan fingerprint density at radius 3 is 2.40 bits per heavy atom. The van der Waals surface area contributed by atoms with Crippen molar-refractivity contribution in [1.29, 1.82) is 0 Å². The third-order valence-corrected chi connectivity index (χ3v) is 4.53. The summed E-state index contributed by atoms with van der Waals surface area (Å²) in [6, 6.07) is 16.2. The lowest BCUT2D eigenvalue weighted by Gasteiger charge is -2.09. The standard InChI is InChI=1S/C17H12Br2O/c1-10(18)17(20)12-7-6-11-9-16(19)14-5-3-2-4-13(14)15(11)8-12/h2-10H,1H3. The molecule has 0 fully saturated rings. The molecular weight excluding hydrogens is 380 g/mol. The van der Waals surface area contributed by atoms with E-state index in [0.29, 0.717) is 0 Å². The van der Waals surface area contributed by atoms with Crippen LogP contribution < -0.4 is 0 Å². The first kappa shape index (κ1) is 13.8. The van der Waals surface area contributed by atoms with E-state index in [1.54, 1.807) is 0 Å². The van der Waals surface area contributed by atoms with Crippen molar-refractivity contribution in [1.82, 2.24) is 0 Å². The topological polar surface area (TPSA) is 17.1 Å². The van der Waals surface area contributed by atoms with Crippen LogP contribution in [-0.2, 0) is 0 Å². The minimum absolute atomic E-state index is 0.110. The summed E-state index contributed by atoms with van der Waals surface area (Å²) in [5.74, 6) is 0.110. The smallest absolute Gasteiger partial charge is 0.176 e. The highest BCUT2D eigenvalue weighted by Crippen LogP contribution is 2.32. The molecule has 100 valence electrons. The Bertz CT molecular complexity index is 822. The molecule has 3 aromatic carbocycles. The van der Waals surface area contributed by atoms with E-state index in [1.165, 1.54) is 0 Å². The molecule has 0 bridgehead atoms. The van der Waals surface area contributed by atoms with E-state index in [2.05, 4.69) is 50.1 Å². The average molecular weight is 392 g/mol. The van der Waals surface area contributed by atoms with E-state index in [0.717, 1.165) is 31.6 Å². The summed E-state index contributed by atoms with van der Waals surface area (Å²) in [4.78, 5) is 12.0. The van der Waals surface area contributed by atoms with Crippen LogP contribution in [0.1, 0.15) is 17.3 Å². The number of carbonyl (C=O) groups excluding carboxylic acids is 1. The summed E-state index contributed by atoms with van der Waals surface area (Å²) < 4.78 is 1.08. The summed E-state index contributed by atoms with van der Waals surface area (Å²) in [6.07, 6.45) is 0. The predicted molar refractivity (Wildman–Crippen MR) is 91.9 cm³/mol. The van der Waals surface area contributed by atoms with Crippen molar-refractivity contribution in [2.75, 3.05) is 0 Å². The molecular formula is C17H12Br2O. The van der Waals surface area contributed by atoms with E-state index in [9.17, 15) is 4.79 Å². The quantitative estimate of drug-likeness (QED) is 0.310. The number of benzene rings is 3. The van der Waals surface area contributed by atoms with Crippen LogP contribution in [0.2, 0.25) is 0 Å². The summed E-state index contributed by atoms with van der Waals surface area (Å²) in [7, 11) is 0. The lowest BCUT2D eigenvalue weighted by atomic mass is 9.98. The second-order valence-corrected chi connectivity index (χ2v) is 7.05. The maximum Gasteiger partial charge on any atom is 0.176 e. The lowest BCUT2D eigenvalue weighted by molar-refractivity contribution is 0.0996. The lowest BCUT2D eigenvalue weighted by Crippen LogP contribution is -2.09. The Labute approximate surface area is 134 Å². The molecule has 0 aliphatic heterocycles. The molecule has 1 unspecified atom stereocenters. The van der Waals surface area contributed by atoms with Gasteiger partial charge in [0.1, 0.15) is 0 Å². The Hall–Kier alpha value is -1.19. The molecule has 0 amide bonds. The van der Waals surface area contributed by atoms with Gasteiger partial charge in [-0.1, -0.05) is 68.3 Å². The van der Waals surface area contributed by atoms with Crippen molar-refractivity contribution >= 4 is 59.2 Å². The Morgan fingerprint density at radius 2 is 1.70 bits per heavy atom. The summed E-state index contributed by atoms with van der Waals surface area (Å²) >= 11 is 6.96. The van der Waals surface area contributed by atoms with E-state index in [4.69, 9.17) is 0 Å². The van der Waals surface area contributed by atoms with Gasteiger partial charge in [0.15, 0.2) is 5.78 Å². The van der Waals surface area contributed by atoms with Gasteiger partial charge in [0.2, 0.25) is 0 Å². The summed E-state index contributed by atoms with van der Waals surface area (Å²) in [6.45, 7) is 1.85. The number of Topliss-reactive ketones (excluding diaryl/α,β-unsaturated/α-hetero) is 1. The van der Waals surface area contributed by atoms with Gasteiger partial charge in [-0.2, -0.15) is 0 Å². The second kappa shape index (κ2) is 5.30. The molecule has 0 saturated heterocycles. The largest absolute Gasteiger partial charge is 0.293 e. The van der Waals surface area contributed by atoms with Crippen molar-refractivity contribution in [3.63, 3.8) is 0 Å². The number of ketones is 1. The predicted octanol–water partition coefficient (Wildman–Crippen LogP) is 5.72. The Morgan fingerprint density at radius 1 is 1.00 bits per heavy atom. The van der Waals surface area contributed by atoms with E-state index in [1.807, 2.05) is 37.3 Å². The van der Waals surface area contributed by atoms with E-state index in [-0.39, 0.29) is 10.6 Å². The van der Waals surface area contributed by atoms with Gasteiger partial charge in [0.05, 0.1) is 4.83 Å². The molecule has 1 nitrogen and oxygen atoms in total. The third kappa shape index (κ3) is 2.29. The first-order valence-electron chi connectivity index (χ1n) is 6.37. The zero-order chi connectivity index (χ0) is 14.3. The van der Waals surface area contributed by atoms with Crippen molar-refractivity contribution in [3.05, 3.63) is 58.6 Å². The van der Waals surface area contributed by atoms with E-state index >= 15 is 0 Å². The number of fused-ring (bicyclic) bond motifs is 3. The molecule has 0 aliphatic rings. The van der Waals surface area contributed by atoms with Crippen LogP contribution in [0.5, 0.6) is 0 Å². The van der Waals surface area contributed by atoms with Crippen molar-refractivity contribution < 1.29 is 4.79 Å². The fraction of sp³-hybridized carbons (Fsp3) is 0.118. The average Bonchev–Trinajstić information content (AvgIpc) is 2.46. The zero-order valence-electron chi connectivity index (χ0n) is 10.9. The fourth-order valence-corrected chi connectivity index (χ4v) is 3.30. The highest BCUT2D eigenvalue weighted by Gasteiger charge is 2.13. The molecule has 3 rings (SSSR count). The van der Waals surface area contributed by atoms with Gasteiger partial charge in [0.25, 0.3) is 0 Å². The van der Waals surface area contributed by atoms with Gasteiger partial charge in [0, 0.05) is 10.0 Å². The molecule has 0 radical (unpaired) electrons.